The van der Waals surface area contributed by atoms with E-state index in [4.69, 9.17) is 0 Å². The van der Waals surface area contributed by atoms with E-state index in [1.165, 1.54) is 16.8 Å². The van der Waals surface area contributed by atoms with Crippen molar-refractivity contribution in [2.24, 2.45) is 0 Å². The minimum absolute atomic E-state index is 0.136. The molecule has 0 bridgehead atoms. The van der Waals surface area contributed by atoms with Crippen LogP contribution < -0.4 is 10.2 Å². The van der Waals surface area contributed by atoms with Gasteiger partial charge >= 0.3 is 0 Å². The second-order valence-electron chi connectivity index (χ2n) is 6.98. The number of nitrogens with zero attached hydrogens (tertiary/aromatic N) is 2. The number of carbonyl (C=O) groups excluding carboxylic acids is 1. The Bertz CT molecular complexity index is 788. The van der Waals surface area contributed by atoms with Crippen molar-refractivity contribution in [3.8, 4) is 0 Å². The minimum Gasteiger partial charge on any atom is -0.375 e. The highest BCUT2D eigenvalue weighted by molar-refractivity contribution is 5.85. The number of hydrogen-bond acceptors (Lipinski definition) is 3. The molecule has 130 valence electrons. The summed E-state index contributed by atoms with van der Waals surface area (Å²) in [6.07, 6.45) is 0. The highest BCUT2D eigenvalue weighted by Gasteiger charge is 2.39. The molecule has 2 unspecified atom stereocenters. The fourth-order valence-electron chi connectivity index (χ4n) is 4.11. The molecule has 0 aromatic heterocycles. The fraction of sp³-hybridized carbons (Fsp3) is 0.381. The Morgan fingerprint density at radius 2 is 1.96 bits per heavy atom. The lowest BCUT2D eigenvalue weighted by Crippen LogP contribution is -2.53. The van der Waals surface area contributed by atoms with E-state index in [-0.39, 0.29) is 11.9 Å². The Morgan fingerprint density at radius 1 is 1.16 bits per heavy atom. The van der Waals surface area contributed by atoms with Crippen LogP contribution >= 0.6 is 0 Å². The van der Waals surface area contributed by atoms with Crippen LogP contribution in [0, 0.1) is 0 Å². The number of anilines is 1. The van der Waals surface area contributed by atoms with Crippen molar-refractivity contribution in [1.82, 2.24) is 10.2 Å². The number of carbonyl (C=O) groups is 1. The molecule has 1 amide bonds. The minimum atomic E-state index is -0.136. The van der Waals surface area contributed by atoms with Gasteiger partial charge in [-0.2, -0.15) is 0 Å². The average Bonchev–Trinajstić information content (AvgIpc) is 2.66. The summed E-state index contributed by atoms with van der Waals surface area (Å²) >= 11 is 0. The zero-order valence-corrected chi connectivity index (χ0v) is 14.9. The lowest BCUT2D eigenvalue weighted by molar-refractivity contribution is -0.129. The number of benzene rings is 2. The number of fused-ring (bicyclic) bond motifs is 3. The first-order valence-corrected chi connectivity index (χ1v) is 9.10. The maximum Gasteiger partial charge on any atom is 0.242 e. The number of piperazine rings is 1. The summed E-state index contributed by atoms with van der Waals surface area (Å²) in [6.45, 7) is 5.70. The van der Waals surface area contributed by atoms with Gasteiger partial charge in [0.25, 0.3) is 0 Å². The largest absolute Gasteiger partial charge is 0.375 e. The standard InChI is InChI=1S/C21H25N3O/c1-3-23(2)16-8-6-7-15(13-16)19-14-24-12-11-22-21(25)20(24)18-10-5-4-9-17(18)19/h4-10,13,19-20H,3,11-12,14H2,1-2H3,(H,22,25). The van der Waals surface area contributed by atoms with Crippen LogP contribution in [0.1, 0.15) is 35.6 Å². The van der Waals surface area contributed by atoms with E-state index in [2.05, 4.69) is 71.6 Å². The third-order valence-electron chi connectivity index (χ3n) is 5.58. The summed E-state index contributed by atoms with van der Waals surface area (Å²) in [5, 5.41) is 3.02. The Labute approximate surface area is 149 Å². The maximum absolute atomic E-state index is 12.5. The Balaban J connectivity index is 1.78. The molecular formula is C21H25N3O. The molecule has 2 aromatic carbocycles. The molecule has 1 saturated heterocycles. The number of amides is 1. The van der Waals surface area contributed by atoms with Crippen molar-refractivity contribution < 1.29 is 4.79 Å². The van der Waals surface area contributed by atoms with E-state index < -0.39 is 0 Å². The van der Waals surface area contributed by atoms with E-state index in [1.807, 2.05) is 6.07 Å². The van der Waals surface area contributed by atoms with Crippen LogP contribution in [-0.2, 0) is 4.79 Å². The highest BCUT2D eigenvalue weighted by atomic mass is 16.2. The third kappa shape index (κ3) is 2.81. The fourth-order valence-corrected chi connectivity index (χ4v) is 4.11. The molecule has 25 heavy (non-hydrogen) atoms. The predicted molar refractivity (Wildman–Crippen MR) is 101 cm³/mol. The monoisotopic (exact) mass is 335 g/mol. The van der Waals surface area contributed by atoms with Gasteiger partial charge < -0.3 is 10.2 Å². The van der Waals surface area contributed by atoms with Crippen molar-refractivity contribution in [3.05, 3.63) is 65.2 Å². The topological polar surface area (TPSA) is 35.6 Å². The maximum atomic E-state index is 12.5. The molecule has 0 spiro atoms. The van der Waals surface area contributed by atoms with Crippen molar-refractivity contribution >= 4 is 11.6 Å². The summed E-state index contributed by atoms with van der Waals surface area (Å²) in [5.41, 5.74) is 5.02. The van der Waals surface area contributed by atoms with E-state index in [0.29, 0.717) is 5.92 Å². The second kappa shape index (κ2) is 6.52. The van der Waals surface area contributed by atoms with Crippen LogP contribution in [0.2, 0.25) is 0 Å². The first kappa shape index (κ1) is 16.2. The molecule has 0 radical (unpaired) electrons. The van der Waals surface area contributed by atoms with Gasteiger partial charge in [0, 0.05) is 44.8 Å². The SMILES string of the molecule is CCN(C)c1cccc(C2CN3CCNC(=O)C3c3ccccc32)c1. The molecule has 2 heterocycles. The molecule has 4 nitrogen and oxygen atoms in total. The van der Waals surface area contributed by atoms with Gasteiger partial charge in [-0.05, 0) is 35.7 Å². The lowest BCUT2D eigenvalue weighted by atomic mass is 9.80. The summed E-state index contributed by atoms with van der Waals surface area (Å²) in [7, 11) is 2.12. The smallest absolute Gasteiger partial charge is 0.242 e. The quantitative estimate of drug-likeness (QED) is 0.937. The summed E-state index contributed by atoms with van der Waals surface area (Å²) in [4.78, 5) is 17.1. The number of hydrogen-bond donors (Lipinski definition) is 1. The Morgan fingerprint density at radius 3 is 2.76 bits per heavy atom. The molecule has 0 saturated carbocycles. The molecule has 1 fully saturated rings. The van der Waals surface area contributed by atoms with Crippen LogP contribution in [0.25, 0.3) is 0 Å². The van der Waals surface area contributed by atoms with Crippen LogP contribution in [0.15, 0.2) is 48.5 Å². The summed E-state index contributed by atoms with van der Waals surface area (Å²) in [5.74, 6) is 0.445. The average molecular weight is 335 g/mol. The van der Waals surface area contributed by atoms with Crippen LogP contribution in [0.5, 0.6) is 0 Å². The summed E-state index contributed by atoms with van der Waals surface area (Å²) in [6, 6.07) is 17.1. The molecular weight excluding hydrogens is 310 g/mol. The second-order valence-corrected chi connectivity index (χ2v) is 6.98. The van der Waals surface area contributed by atoms with Crippen LogP contribution in [0.3, 0.4) is 0 Å². The van der Waals surface area contributed by atoms with Crippen molar-refractivity contribution in [2.75, 3.05) is 38.1 Å². The molecule has 1 N–H and O–H groups in total. The third-order valence-corrected chi connectivity index (χ3v) is 5.58. The first-order valence-electron chi connectivity index (χ1n) is 9.10. The predicted octanol–water partition coefficient (Wildman–Crippen LogP) is 2.76. The van der Waals surface area contributed by atoms with Crippen LogP contribution in [0.4, 0.5) is 5.69 Å². The highest BCUT2D eigenvalue weighted by Crippen LogP contribution is 2.40. The van der Waals surface area contributed by atoms with E-state index in [0.717, 1.165) is 31.7 Å². The lowest BCUT2D eigenvalue weighted by Gasteiger charge is -2.43. The molecule has 2 aromatic rings. The molecule has 4 rings (SSSR count). The van der Waals surface area contributed by atoms with E-state index >= 15 is 0 Å². The van der Waals surface area contributed by atoms with Gasteiger partial charge in [0.1, 0.15) is 6.04 Å². The Hall–Kier alpha value is -2.33. The van der Waals surface area contributed by atoms with Crippen molar-refractivity contribution in [3.63, 3.8) is 0 Å². The molecule has 2 atom stereocenters. The zero-order valence-electron chi connectivity index (χ0n) is 14.9. The zero-order chi connectivity index (χ0) is 17.4. The Kier molecular flexibility index (Phi) is 4.22. The van der Waals surface area contributed by atoms with Gasteiger partial charge in [-0.1, -0.05) is 36.4 Å². The van der Waals surface area contributed by atoms with Crippen molar-refractivity contribution in [2.45, 2.75) is 18.9 Å². The normalized spacial score (nSPS) is 22.7. The summed E-state index contributed by atoms with van der Waals surface area (Å²) < 4.78 is 0. The van der Waals surface area contributed by atoms with E-state index in [1.54, 1.807) is 0 Å². The van der Waals surface area contributed by atoms with Gasteiger partial charge in [0.15, 0.2) is 0 Å². The van der Waals surface area contributed by atoms with Gasteiger partial charge in [-0.25, -0.2) is 0 Å². The number of nitrogens with one attached hydrogen (secondary N) is 1. The van der Waals surface area contributed by atoms with E-state index in [9.17, 15) is 4.79 Å². The molecule has 2 aliphatic heterocycles. The van der Waals surface area contributed by atoms with Crippen molar-refractivity contribution in [1.29, 1.82) is 0 Å². The molecule has 2 aliphatic rings. The van der Waals surface area contributed by atoms with Gasteiger partial charge in [0.2, 0.25) is 5.91 Å². The molecule has 4 heteroatoms. The van der Waals surface area contributed by atoms with Gasteiger partial charge in [-0.15, -0.1) is 0 Å². The van der Waals surface area contributed by atoms with Gasteiger partial charge in [0.05, 0.1) is 0 Å². The first-order chi connectivity index (χ1) is 12.2. The van der Waals surface area contributed by atoms with Gasteiger partial charge in [-0.3, -0.25) is 9.69 Å². The molecule has 0 aliphatic carbocycles. The van der Waals surface area contributed by atoms with Crippen LogP contribution in [-0.4, -0.2) is 44.0 Å². The number of rotatable bonds is 3.